The number of benzene rings is 4. The van der Waals surface area contributed by atoms with Crippen molar-refractivity contribution in [1.82, 2.24) is 29.5 Å². The van der Waals surface area contributed by atoms with Crippen LogP contribution in [0.15, 0.2) is 131 Å². The van der Waals surface area contributed by atoms with E-state index in [1.165, 1.54) is 24.3 Å². The Morgan fingerprint density at radius 2 is 1.24 bits per heavy atom. The molecule has 14 heteroatoms. The van der Waals surface area contributed by atoms with Gasteiger partial charge in [0.2, 0.25) is 0 Å². The van der Waals surface area contributed by atoms with Crippen LogP contribution in [0.4, 0.5) is 22.0 Å². The lowest BCUT2D eigenvalue weighted by atomic mass is 10.2. The van der Waals surface area contributed by atoms with E-state index in [9.17, 15) is 22.0 Å². The van der Waals surface area contributed by atoms with Crippen LogP contribution in [0.2, 0.25) is 0 Å². The molecule has 0 aliphatic rings. The van der Waals surface area contributed by atoms with Gasteiger partial charge in [0, 0.05) is 44.4 Å². The van der Waals surface area contributed by atoms with Gasteiger partial charge in [0.05, 0.1) is 37.1 Å². The van der Waals surface area contributed by atoms with Crippen molar-refractivity contribution in [3.05, 3.63) is 165 Å². The first-order chi connectivity index (χ1) is 26.1. The highest BCUT2D eigenvalue weighted by Gasteiger charge is 2.16. The van der Waals surface area contributed by atoms with Crippen molar-refractivity contribution < 1.29 is 23.3 Å². The van der Waals surface area contributed by atoms with E-state index in [-0.39, 0.29) is 14.0 Å². The predicted molar refractivity (Wildman–Crippen MR) is 216 cm³/mol. The largest absolute Gasteiger partial charge is 0.337 e. The van der Waals surface area contributed by atoms with E-state index in [0.29, 0.717) is 28.0 Å². The van der Waals surface area contributed by atoms with Gasteiger partial charge < -0.3 is 9.55 Å². The predicted octanol–water partition coefficient (Wildman–Crippen LogP) is 12.7. The zero-order valence-corrected chi connectivity index (χ0v) is 32.2. The highest BCUT2D eigenvalue weighted by molar-refractivity contribution is 9.10. The van der Waals surface area contributed by atoms with Crippen LogP contribution in [-0.4, -0.2) is 36.6 Å². The number of pyridine rings is 2. The van der Waals surface area contributed by atoms with Crippen molar-refractivity contribution in [3.63, 3.8) is 0 Å². The molecule has 0 radical (unpaired) electrons. The molecule has 0 aliphatic carbocycles. The van der Waals surface area contributed by atoms with E-state index in [1.807, 2.05) is 77.4 Å². The van der Waals surface area contributed by atoms with Gasteiger partial charge in [-0.3, -0.25) is 14.4 Å². The number of imidazole rings is 2. The van der Waals surface area contributed by atoms with Gasteiger partial charge in [-0.2, -0.15) is 0 Å². The van der Waals surface area contributed by atoms with Crippen LogP contribution in [0.5, 0.6) is 0 Å². The number of rotatable bonds is 5. The van der Waals surface area contributed by atoms with Crippen molar-refractivity contribution in [2.45, 2.75) is 19.3 Å². The number of H-pyrrole nitrogens is 1. The third-order valence-corrected chi connectivity index (χ3v) is 9.05. The Bertz CT molecular complexity index is 2450. The number of hydrogen-bond acceptors (Lipinski definition) is 4. The lowest BCUT2D eigenvalue weighted by Gasteiger charge is -2.10. The highest BCUT2D eigenvalue weighted by atomic mass is 79.9. The second kappa shape index (κ2) is 20.0. The van der Waals surface area contributed by atoms with Crippen LogP contribution in [0, 0.1) is 23.3 Å². The summed E-state index contributed by atoms with van der Waals surface area (Å²) in [6.07, 6.45) is 3.44. The molecule has 4 heterocycles. The molecule has 0 saturated carbocycles. The first-order valence-electron chi connectivity index (χ1n) is 16.2. The summed E-state index contributed by atoms with van der Waals surface area (Å²) in [6, 6.07) is 30.2. The monoisotopic (exact) mass is 929 g/mol. The summed E-state index contributed by atoms with van der Waals surface area (Å²) in [6.45, 7) is 0.232. The molecule has 0 amide bonds. The summed E-state index contributed by atoms with van der Waals surface area (Å²) >= 11 is 9.93. The number of nitrogens with one attached hydrogen (secondary N) is 1. The van der Waals surface area contributed by atoms with Crippen molar-refractivity contribution in [2.24, 2.45) is 0 Å². The first kappa shape index (κ1) is 40.4. The molecule has 8 rings (SSSR count). The summed E-state index contributed by atoms with van der Waals surface area (Å²) in [5.41, 5.74) is 6.02. The van der Waals surface area contributed by atoms with Gasteiger partial charge in [0.1, 0.15) is 34.7 Å². The van der Waals surface area contributed by atoms with E-state index in [1.54, 1.807) is 12.4 Å². The number of hydrogen-bond donors (Lipinski definition) is 1. The molecule has 0 saturated heterocycles. The fourth-order valence-corrected chi connectivity index (χ4v) is 6.14. The molecule has 0 spiro atoms. The molecule has 278 valence electrons. The smallest absolute Gasteiger partial charge is 0.160 e. The Balaban J connectivity index is 0.000000192. The van der Waals surface area contributed by atoms with Crippen LogP contribution >= 0.6 is 47.8 Å². The molecule has 4 aromatic carbocycles. The molecule has 6 nitrogen and oxygen atoms in total. The van der Waals surface area contributed by atoms with Gasteiger partial charge in [-0.25, -0.2) is 27.5 Å². The van der Waals surface area contributed by atoms with Gasteiger partial charge >= 0.3 is 0 Å². The van der Waals surface area contributed by atoms with Crippen LogP contribution in [-0.2, 0) is 11.9 Å². The van der Waals surface area contributed by atoms with Crippen LogP contribution in [0.3, 0.4) is 0 Å². The third-order valence-electron chi connectivity index (χ3n) is 7.46. The molecule has 0 unspecified atom stereocenters. The van der Waals surface area contributed by atoms with Crippen molar-refractivity contribution >= 4 is 69.9 Å². The van der Waals surface area contributed by atoms with Gasteiger partial charge in [0.15, 0.2) is 11.6 Å². The van der Waals surface area contributed by atoms with E-state index in [0.717, 1.165) is 54.7 Å². The van der Waals surface area contributed by atoms with Gasteiger partial charge in [-0.05, 0) is 66.2 Å². The summed E-state index contributed by atoms with van der Waals surface area (Å²) in [5, 5.41) is 0.416. The Morgan fingerprint density at radius 3 is 1.83 bits per heavy atom. The first-order valence-corrected chi connectivity index (χ1v) is 18.2. The molecule has 0 fully saturated rings. The maximum Gasteiger partial charge on any atom is 0.160 e. The average Bonchev–Trinajstić information content (AvgIpc) is 3.76. The molecule has 8 aromatic rings. The minimum Gasteiger partial charge on any atom is -0.337 e. The molecule has 4 aromatic heterocycles. The fraction of sp³-hybridized carbons (Fsp3) is 0.100. The number of nitrogens with zero attached hydrogens (tertiary/aromatic N) is 5. The standard InChI is InChI=1S/C19H12BrF2N3.C12H8BrN3.C7H5BrF2.CH3F.CH4/c20-13-7-8-23-17(9-13)19-24-16-3-1-2-4-18(16)25(19)11-12-5-6-14(21)10-15(12)22;13-8-5-6-14-11(7-8)12-15-9-3-1-2-4-10(9)16-12;8-4-5-1-2-6(9)3-7(5)10;1-2;/h1-10H,11H2;1-7H,(H,15,16);1-3H,4H2;1H3;1H4/i;;;1D;. The summed E-state index contributed by atoms with van der Waals surface area (Å²) in [4.78, 5) is 21.0. The van der Waals surface area contributed by atoms with E-state index in [2.05, 4.69) is 72.7 Å². The van der Waals surface area contributed by atoms with Crippen molar-refractivity contribution in [3.8, 4) is 23.0 Å². The van der Waals surface area contributed by atoms with Gasteiger partial charge in [-0.1, -0.05) is 91.6 Å². The zero-order valence-electron chi connectivity index (χ0n) is 28.4. The summed E-state index contributed by atoms with van der Waals surface area (Å²) < 4.78 is 71.4. The molecule has 1 N–H and O–H groups in total. The lowest BCUT2D eigenvalue weighted by Crippen LogP contribution is -2.05. The van der Waals surface area contributed by atoms with E-state index >= 15 is 0 Å². The maximum absolute atomic E-state index is 14.1. The molecular formula is C40H32Br3F5N6. The maximum atomic E-state index is 14.1. The topological polar surface area (TPSA) is 72.3 Å². The summed E-state index contributed by atoms with van der Waals surface area (Å²) in [5.74, 6) is -0.788. The Hall–Kier alpha value is -4.79. The Morgan fingerprint density at radius 1 is 0.685 bits per heavy atom. The number of para-hydroxylation sites is 4. The molecular weight excluding hydrogens is 899 g/mol. The molecule has 54 heavy (non-hydrogen) atoms. The second-order valence-corrected chi connectivity index (χ2v) is 13.3. The number of fused-ring (bicyclic) bond motifs is 2. The minimum absolute atomic E-state index is 0. The highest BCUT2D eigenvalue weighted by Crippen LogP contribution is 2.27. The zero-order chi connectivity index (χ0) is 38.6. The van der Waals surface area contributed by atoms with Gasteiger partial charge in [0.25, 0.3) is 0 Å². The van der Waals surface area contributed by atoms with Crippen molar-refractivity contribution in [1.29, 1.82) is 0 Å². The molecule has 0 atom stereocenters. The van der Waals surface area contributed by atoms with E-state index < -0.39 is 30.4 Å². The quantitative estimate of drug-likeness (QED) is 0.138. The lowest BCUT2D eigenvalue weighted by molar-refractivity contribution is 0.567. The number of aromatic nitrogens is 6. The fourth-order valence-electron chi connectivity index (χ4n) is 5.02. The number of aromatic amines is 1. The summed E-state index contributed by atoms with van der Waals surface area (Å²) in [7, 11) is -1.00. The van der Waals surface area contributed by atoms with E-state index in [4.69, 9.17) is 1.37 Å². The Labute approximate surface area is 335 Å². The van der Waals surface area contributed by atoms with Crippen LogP contribution in [0.25, 0.3) is 45.1 Å². The minimum atomic E-state index is -1.00. The van der Waals surface area contributed by atoms with Crippen LogP contribution < -0.4 is 0 Å². The SMILES string of the molecule is Brc1ccnc(-c2nc3ccccc3[nH]2)c1.C.Fc1ccc(CBr)c(F)c1.Fc1ccc(Cn2c(-c3cc(Br)ccn3)nc3ccccc32)c(F)c1.[2H]CF. The molecule has 0 aliphatic heterocycles. The normalized spacial score (nSPS) is 10.6. The number of halogens is 8. The Kier molecular flexibility index (Phi) is 15.0. The third kappa shape index (κ3) is 10.7. The van der Waals surface area contributed by atoms with Crippen LogP contribution in [0.1, 0.15) is 19.9 Å². The molecule has 0 bridgehead atoms. The van der Waals surface area contributed by atoms with Crippen molar-refractivity contribution in [2.75, 3.05) is 7.15 Å². The van der Waals surface area contributed by atoms with Gasteiger partial charge in [-0.15, -0.1) is 0 Å². The number of alkyl halides is 2. The average molecular weight is 932 g/mol. The second-order valence-electron chi connectivity index (χ2n) is 10.9.